The highest BCUT2D eigenvalue weighted by Crippen LogP contribution is 2.29. The largest absolute Gasteiger partial charge is 0.497 e. The van der Waals surface area contributed by atoms with Crippen LogP contribution in [-0.4, -0.2) is 61.0 Å². The lowest BCUT2D eigenvalue weighted by Crippen LogP contribution is -2.49. The number of aromatic nitrogens is 2. The first kappa shape index (κ1) is 21.6. The number of nitrogens with zero attached hydrogens (tertiary/aromatic N) is 4. The van der Waals surface area contributed by atoms with Gasteiger partial charge in [-0.05, 0) is 24.3 Å². The molecule has 1 aliphatic rings. The van der Waals surface area contributed by atoms with Crippen molar-refractivity contribution in [1.82, 2.24) is 14.7 Å². The number of hydrogen-bond acceptors (Lipinski definition) is 6. The molecule has 0 spiro atoms. The van der Waals surface area contributed by atoms with Crippen LogP contribution in [0.4, 0.5) is 5.69 Å². The van der Waals surface area contributed by atoms with Gasteiger partial charge in [0.2, 0.25) is 0 Å². The fourth-order valence-corrected chi connectivity index (χ4v) is 4.16. The maximum absolute atomic E-state index is 13.6. The zero-order chi connectivity index (χ0) is 23.5. The highest BCUT2D eigenvalue weighted by atomic mass is 16.5. The fourth-order valence-electron chi connectivity index (χ4n) is 4.16. The van der Waals surface area contributed by atoms with Crippen molar-refractivity contribution in [1.29, 1.82) is 0 Å². The Morgan fingerprint density at radius 3 is 2.21 bits per heavy atom. The van der Waals surface area contributed by atoms with E-state index in [0.717, 1.165) is 28.4 Å². The van der Waals surface area contributed by atoms with Gasteiger partial charge in [-0.1, -0.05) is 18.2 Å². The maximum atomic E-state index is 13.6. The molecule has 8 heteroatoms. The summed E-state index contributed by atoms with van der Waals surface area (Å²) in [5.74, 6) is 1.44. The molecule has 5 rings (SSSR count). The molecule has 2 aromatic heterocycles. The Morgan fingerprint density at radius 2 is 1.59 bits per heavy atom. The third-order valence-electron chi connectivity index (χ3n) is 6.01. The summed E-state index contributed by atoms with van der Waals surface area (Å²) in [6, 6.07) is 19.2. The van der Waals surface area contributed by atoms with Crippen LogP contribution < -0.4 is 14.4 Å². The van der Waals surface area contributed by atoms with Crippen molar-refractivity contribution in [3.63, 3.8) is 0 Å². The van der Waals surface area contributed by atoms with E-state index >= 15 is 0 Å². The molecule has 0 radical (unpaired) electrons. The van der Waals surface area contributed by atoms with E-state index in [9.17, 15) is 4.79 Å². The van der Waals surface area contributed by atoms with Crippen molar-refractivity contribution >= 4 is 11.6 Å². The van der Waals surface area contributed by atoms with Gasteiger partial charge in [0, 0.05) is 55.6 Å². The average Bonchev–Trinajstić information content (AvgIpc) is 3.59. The van der Waals surface area contributed by atoms with E-state index in [2.05, 4.69) is 4.90 Å². The number of ether oxygens (including phenoxy) is 2. The lowest BCUT2D eigenvalue weighted by molar-refractivity contribution is 0.0737. The molecule has 0 saturated carbocycles. The minimum atomic E-state index is -0.0472. The monoisotopic (exact) mass is 458 g/mol. The molecule has 0 atom stereocenters. The molecule has 0 aliphatic carbocycles. The van der Waals surface area contributed by atoms with Crippen LogP contribution in [0, 0.1) is 0 Å². The number of piperazine rings is 1. The lowest BCUT2D eigenvalue weighted by Gasteiger charge is -2.36. The molecule has 1 amide bonds. The number of rotatable bonds is 6. The Bertz CT molecular complexity index is 1240. The third-order valence-corrected chi connectivity index (χ3v) is 6.01. The van der Waals surface area contributed by atoms with Crippen LogP contribution in [-0.2, 0) is 0 Å². The van der Waals surface area contributed by atoms with Gasteiger partial charge in [-0.25, -0.2) is 4.68 Å². The van der Waals surface area contributed by atoms with Crippen LogP contribution in [0.3, 0.4) is 0 Å². The molecule has 174 valence electrons. The normalized spacial score (nSPS) is 13.7. The van der Waals surface area contributed by atoms with Gasteiger partial charge in [0.1, 0.15) is 17.2 Å². The number of furan rings is 1. The summed E-state index contributed by atoms with van der Waals surface area (Å²) >= 11 is 0. The average molecular weight is 459 g/mol. The van der Waals surface area contributed by atoms with E-state index < -0.39 is 0 Å². The molecule has 0 bridgehead atoms. The van der Waals surface area contributed by atoms with E-state index in [1.807, 2.05) is 65.6 Å². The van der Waals surface area contributed by atoms with Gasteiger partial charge < -0.3 is 23.7 Å². The summed E-state index contributed by atoms with van der Waals surface area (Å²) in [6.07, 6.45) is 3.23. The van der Waals surface area contributed by atoms with Crippen molar-refractivity contribution < 1.29 is 18.7 Å². The molecule has 4 aromatic rings. The van der Waals surface area contributed by atoms with Crippen molar-refractivity contribution in [2.75, 3.05) is 45.3 Å². The van der Waals surface area contributed by atoms with E-state index in [-0.39, 0.29) is 5.91 Å². The summed E-state index contributed by atoms with van der Waals surface area (Å²) in [5.41, 5.74) is 3.91. The number of benzene rings is 2. The van der Waals surface area contributed by atoms with Crippen molar-refractivity contribution in [2.45, 2.75) is 0 Å². The van der Waals surface area contributed by atoms with Crippen LogP contribution in [0.2, 0.25) is 0 Å². The number of amides is 1. The highest BCUT2D eigenvalue weighted by molar-refractivity contribution is 5.94. The minimum Gasteiger partial charge on any atom is -0.497 e. The number of anilines is 1. The van der Waals surface area contributed by atoms with Crippen molar-refractivity contribution in [3.05, 3.63) is 78.9 Å². The molecule has 1 fully saturated rings. The topological polar surface area (TPSA) is 73.0 Å². The Kier molecular flexibility index (Phi) is 5.95. The van der Waals surface area contributed by atoms with Gasteiger partial charge in [0.05, 0.1) is 38.1 Å². The molecule has 8 nitrogen and oxygen atoms in total. The Hall–Kier alpha value is -4.20. The second-order valence-electron chi connectivity index (χ2n) is 8.02. The lowest BCUT2D eigenvalue weighted by atomic mass is 10.2. The molecule has 34 heavy (non-hydrogen) atoms. The van der Waals surface area contributed by atoms with Crippen LogP contribution >= 0.6 is 0 Å². The second kappa shape index (κ2) is 9.35. The van der Waals surface area contributed by atoms with Gasteiger partial charge in [-0.15, -0.1) is 0 Å². The molecule has 0 unspecified atom stereocenters. The zero-order valence-corrected chi connectivity index (χ0v) is 19.2. The molecule has 1 saturated heterocycles. The van der Waals surface area contributed by atoms with E-state index in [1.165, 1.54) is 0 Å². The summed E-state index contributed by atoms with van der Waals surface area (Å²) < 4.78 is 17.7. The van der Waals surface area contributed by atoms with Crippen LogP contribution in [0.1, 0.15) is 10.5 Å². The molecular weight excluding hydrogens is 432 g/mol. The summed E-state index contributed by atoms with van der Waals surface area (Å²) in [6.45, 7) is 2.60. The van der Waals surface area contributed by atoms with Crippen molar-refractivity contribution in [2.24, 2.45) is 0 Å². The number of carbonyl (C=O) groups excluding carboxylic acids is 1. The Labute approximate surface area is 197 Å². The maximum Gasteiger partial charge on any atom is 0.272 e. The summed E-state index contributed by atoms with van der Waals surface area (Å²) in [7, 11) is 3.28. The zero-order valence-electron chi connectivity index (χ0n) is 19.2. The van der Waals surface area contributed by atoms with E-state index in [4.69, 9.17) is 19.0 Å². The predicted molar refractivity (Wildman–Crippen MR) is 129 cm³/mol. The second-order valence-corrected chi connectivity index (χ2v) is 8.02. The highest BCUT2D eigenvalue weighted by Gasteiger charge is 2.27. The molecule has 0 N–H and O–H groups in total. The standard InChI is InChI=1S/C26H26N4O4/c1-32-22-14-21(15-23(16-22)33-2)28-9-11-29(12-10-28)26(31)25-17-24(19-8-13-34-18-19)27-30(25)20-6-4-3-5-7-20/h3-8,13-18H,9-12H2,1-2H3. The minimum absolute atomic E-state index is 0.0472. The molecule has 2 aromatic carbocycles. The van der Waals surface area contributed by atoms with Gasteiger partial charge >= 0.3 is 0 Å². The van der Waals surface area contributed by atoms with Gasteiger partial charge in [-0.2, -0.15) is 5.10 Å². The first-order valence-corrected chi connectivity index (χ1v) is 11.1. The van der Waals surface area contributed by atoms with Gasteiger partial charge in [0.15, 0.2) is 0 Å². The Morgan fingerprint density at radius 1 is 0.882 bits per heavy atom. The van der Waals surface area contributed by atoms with Crippen LogP contribution in [0.15, 0.2) is 77.6 Å². The van der Waals surface area contributed by atoms with Crippen LogP contribution in [0.25, 0.3) is 16.9 Å². The fraction of sp³-hybridized carbons (Fsp3) is 0.231. The number of methoxy groups -OCH3 is 2. The number of carbonyl (C=O) groups is 1. The van der Waals surface area contributed by atoms with Crippen molar-refractivity contribution in [3.8, 4) is 28.4 Å². The number of para-hydroxylation sites is 1. The molecule has 1 aliphatic heterocycles. The van der Waals surface area contributed by atoms with E-state index in [0.29, 0.717) is 37.6 Å². The predicted octanol–water partition coefficient (Wildman–Crippen LogP) is 4.11. The molecular formula is C26H26N4O4. The van der Waals surface area contributed by atoms with Gasteiger partial charge in [0.25, 0.3) is 5.91 Å². The number of hydrogen-bond donors (Lipinski definition) is 0. The summed E-state index contributed by atoms with van der Waals surface area (Å²) in [5, 5.41) is 4.71. The Balaban J connectivity index is 1.38. The van der Waals surface area contributed by atoms with Gasteiger partial charge in [-0.3, -0.25) is 4.79 Å². The summed E-state index contributed by atoms with van der Waals surface area (Å²) in [4.78, 5) is 17.7. The first-order valence-electron chi connectivity index (χ1n) is 11.1. The quantitative estimate of drug-likeness (QED) is 0.433. The smallest absolute Gasteiger partial charge is 0.272 e. The molecule has 3 heterocycles. The van der Waals surface area contributed by atoms with Crippen LogP contribution in [0.5, 0.6) is 11.5 Å². The van der Waals surface area contributed by atoms with E-state index in [1.54, 1.807) is 31.4 Å². The third kappa shape index (κ3) is 4.22. The SMILES string of the molecule is COc1cc(OC)cc(N2CCN(C(=O)c3cc(-c4ccoc4)nn3-c3ccccc3)CC2)c1. The first-order chi connectivity index (χ1) is 16.7.